The Balaban J connectivity index is 2.33. The van der Waals surface area contributed by atoms with E-state index >= 15 is 0 Å². The molecular weight excluding hydrogens is 252 g/mol. The molecule has 0 saturated carbocycles. The number of thioether (sulfide) groups is 1. The van der Waals surface area contributed by atoms with Crippen molar-refractivity contribution in [3.05, 3.63) is 0 Å². The van der Waals surface area contributed by atoms with Crippen molar-refractivity contribution >= 4 is 23.8 Å². The third-order valence-electron chi connectivity index (χ3n) is 3.49. The van der Waals surface area contributed by atoms with Gasteiger partial charge in [-0.3, -0.25) is 4.79 Å². The van der Waals surface area contributed by atoms with E-state index in [2.05, 4.69) is 10.6 Å². The standard InChI is InChI=1S/C12H22N2O3S/c1-3-12(2,10(15)16)8-13-11(17)14-9-4-6-18-7-5-9/h9H,3-8H2,1-2H3,(H,15,16)(H2,13,14,17). The average molecular weight is 274 g/mol. The maximum atomic E-state index is 11.7. The summed E-state index contributed by atoms with van der Waals surface area (Å²) in [5.74, 6) is 1.28. The van der Waals surface area contributed by atoms with Crippen LogP contribution in [0, 0.1) is 5.41 Å². The van der Waals surface area contributed by atoms with Gasteiger partial charge >= 0.3 is 12.0 Å². The smallest absolute Gasteiger partial charge is 0.315 e. The van der Waals surface area contributed by atoms with E-state index in [0.717, 1.165) is 24.3 Å². The van der Waals surface area contributed by atoms with Crippen molar-refractivity contribution in [2.75, 3.05) is 18.1 Å². The van der Waals surface area contributed by atoms with E-state index in [-0.39, 0.29) is 18.6 Å². The topological polar surface area (TPSA) is 78.4 Å². The third kappa shape index (κ3) is 4.40. The number of carbonyl (C=O) groups excluding carboxylic acids is 1. The SMILES string of the molecule is CCC(C)(CNC(=O)NC1CCSCC1)C(=O)O. The number of nitrogens with one attached hydrogen (secondary N) is 2. The molecule has 0 aliphatic carbocycles. The predicted octanol–water partition coefficient (Wildman–Crippen LogP) is 1.68. The largest absolute Gasteiger partial charge is 0.481 e. The Morgan fingerprint density at radius 3 is 2.50 bits per heavy atom. The fourth-order valence-electron chi connectivity index (χ4n) is 1.71. The summed E-state index contributed by atoms with van der Waals surface area (Å²) in [5.41, 5.74) is -0.889. The summed E-state index contributed by atoms with van der Waals surface area (Å²) in [5, 5.41) is 14.7. The first-order valence-electron chi connectivity index (χ1n) is 6.33. The number of carbonyl (C=O) groups is 2. The number of hydrogen-bond donors (Lipinski definition) is 3. The molecule has 1 fully saturated rings. The Morgan fingerprint density at radius 1 is 1.39 bits per heavy atom. The zero-order valence-electron chi connectivity index (χ0n) is 11.0. The molecule has 1 saturated heterocycles. The van der Waals surface area contributed by atoms with Crippen LogP contribution < -0.4 is 10.6 Å². The van der Waals surface area contributed by atoms with E-state index < -0.39 is 11.4 Å². The highest BCUT2D eigenvalue weighted by Gasteiger charge is 2.31. The van der Waals surface area contributed by atoms with E-state index in [4.69, 9.17) is 5.11 Å². The van der Waals surface area contributed by atoms with Crippen molar-refractivity contribution in [3.63, 3.8) is 0 Å². The normalized spacial score (nSPS) is 19.9. The molecule has 1 rings (SSSR count). The molecule has 1 heterocycles. The Morgan fingerprint density at radius 2 is 2.00 bits per heavy atom. The molecular formula is C12H22N2O3S. The molecule has 1 aliphatic heterocycles. The highest BCUT2D eigenvalue weighted by atomic mass is 32.2. The lowest BCUT2D eigenvalue weighted by Crippen LogP contribution is -2.48. The van der Waals surface area contributed by atoms with Crippen LogP contribution in [0.2, 0.25) is 0 Å². The van der Waals surface area contributed by atoms with Gasteiger partial charge in [-0.05, 0) is 37.7 Å². The van der Waals surface area contributed by atoms with Gasteiger partial charge in [0.05, 0.1) is 5.41 Å². The Bertz CT molecular complexity index is 306. The lowest BCUT2D eigenvalue weighted by molar-refractivity contribution is -0.147. The highest BCUT2D eigenvalue weighted by Crippen LogP contribution is 2.20. The minimum absolute atomic E-state index is 0.159. The minimum atomic E-state index is -0.889. The molecule has 18 heavy (non-hydrogen) atoms. The Kier molecular flexibility index (Phi) is 5.78. The van der Waals surface area contributed by atoms with Crippen molar-refractivity contribution in [1.82, 2.24) is 10.6 Å². The Hall–Kier alpha value is -0.910. The monoisotopic (exact) mass is 274 g/mol. The first-order valence-corrected chi connectivity index (χ1v) is 7.49. The van der Waals surface area contributed by atoms with Gasteiger partial charge < -0.3 is 15.7 Å². The van der Waals surface area contributed by atoms with Crippen LogP contribution in [0.4, 0.5) is 4.79 Å². The summed E-state index contributed by atoms with van der Waals surface area (Å²) in [6.07, 6.45) is 2.47. The zero-order valence-corrected chi connectivity index (χ0v) is 11.8. The summed E-state index contributed by atoms with van der Waals surface area (Å²) in [4.78, 5) is 22.8. The third-order valence-corrected chi connectivity index (χ3v) is 4.54. The van der Waals surface area contributed by atoms with E-state index in [9.17, 15) is 9.59 Å². The number of urea groups is 1. The van der Waals surface area contributed by atoms with Gasteiger partial charge in [-0.2, -0.15) is 11.8 Å². The highest BCUT2D eigenvalue weighted by molar-refractivity contribution is 7.99. The number of amides is 2. The fourth-order valence-corrected chi connectivity index (χ4v) is 2.81. The van der Waals surface area contributed by atoms with Crippen LogP contribution in [0.1, 0.15) is 33.1 Å². The molecule has 0 aromatic rings. The van der Waals surface area contributed by atoms with Gasteiger partial charge in [0.25, 0.3) is 0 Å². The second kappa shape index (κ2) is 6.87. The van der Waals surface area contributed by atoms with Gasteiger partial charge in [-0.1, -0.05) is 6.92 Å². The quantitative estimate of drug-likeness (QED) is 0.713. The van der Waals surface area contributed by atoms with Crippen molar-refractivity contribution in [3.8, 4) is 0 Å². The van der Waals surface area contributed by atoms with Gasteiger partial charge in [0.15, 0.2) is 0 Å². The van der Waals surface area contributed by atoms with Crippen LogP contribution in [0.5, 0.6) is 0 Å². The van der Waals surface area contributed by atoms with Crippen LogP contribution in [0.25, 0.3) is 0 Å². The maximum absolute atomic E-state index is 11.7. The lowest BCUT2D eigenvalue weighted by Gasteiger charge is -2.26. The lowest BCUT2D eigenvalue weighted by atomic mass is 9.88. The molecule has 0 aromatic heterocycles. The summed E-state index contributed by atoms with van der Waals surface area (Å²) < 4.78 is 0. The van der Waals surface area contributed by atoms with Gasteiger partial charge in [0, 0.05) is 12.6 Å². The van der Waals surface area contributed by atoms with Crippen molar-refractivity contribution < 1.29 is 14.7 Å². The minimum Gasteiger partial charge on any atom is -0.481 e. The molecule has 0 aromatic carbocycles. The van der Waals surface area contributed by atoms with Crippen LogP contribution in [-0.4, -0.2) is 41.2 Å². The van der Waals surface area contributed by atoms with E-state index in [0.29, 0.717) is 6.42 Å². The number of carboxylic acids is 1. The van der Waals surface area contributed by atoms with E-state index in [1.54, 1.807) is 6.92 Å². The molecule has 0 bridgehead atoms. The summed E-state index contributed by atoms with van der Waals surface area (Å²) in [6.45, 7) is 3.62. The molecule has 0 radical (unpaired) electrons. The maximum Gasteiger partial charge on any atom is 0.315 e. The second-order valence-corrected chi connectivity index (χ2v) is 6.16. The number of aliphatic carboxylic acids is 1. The summed E-state index contributed by atoms with van der Waals surface area (Å²) >= 11 is 1.90. The zero-order chi connectivity index (χ0) is 13.6. The van der Waals surface area contributed by atoms with Crippen molar-refractivity contribution in [2.45, 2.75) is 39.2 Å². The van der Waals surface area contributed by atoms with E-state index in [1.807, 2.05) is 18.7 Å². The van der Waals surface area contributed by atoms with Crippen LogP contribution in [0.15, 0.2) is 0 Å². The van der Waals surface area contributed by atoms with Crippen molar-refractivity contribution in [2.24, 2.45) is 5.41 Å². The summed E-state index contributed by atoms with van der Waals surface area (Å²) in [7, 11) is 0. The molecule has 3 N–H and O–H groups in total. The molecule has 1 aliphatic rings. The summed E-state index contributed by atoms with van der Waals surface area (Å²) in [6, 6.07) is -0.0308. The molecule has 2 amide bonds. The molecule has 6 heteroatoms. The first kappa shape index (κ1) is 15.1. The number of carboxylic acid groups (broad SMARTS) is 1. The first-order chi connectivity index (χ1) is 8.48. The number of hydrogen-bond acceptors (Lipinski definition) is 3. The second-order valence-electron chi connectivity index (χ2n) is 4.93. The van der Waals surface area contributed by atoms with Crippen LogP contribution in [0.3, 0.4) is 0 Å². The fraction of sp³-hybridized carbons (Fsp3) is 0.833. The van der Waals surface area contributed by atoms with Crippen LogP contribution >= 0.6 is 11.8 Å². The molecule has 1 unspecified atom stereocenters. The molecule has 104 valence electrons. The van der Waals surface area contributed by atoms with E-state index in [1.165, 1.54) is 0 Å². The average Bonchev–Trinajstić information content (AvgIpc) is 2.37. The molecule has 0 spiro atoms. The van der Waals surface area contributed by atoms with Gasteiger partial charge in [0.2, 0.25) is 0 Å². The Labute approximate surface area is 112 Å². The molecule has 1 atom stereocenters. The molecule has 5 nitrogen and oxygen atoms in total. The van der Waals surface area contributed by atoms with Gasteiger partial charge in [-0.25, -0.2) is 4.79 Å². The van der Waals surface area contributed by atoms with Gasteiger partial charge in [-0.15, -0.1) is 0 Å². The van der Waals surface area contributed by atoms with Crippen LogP contribution in [-0.2, 0) is 4.79 Å². The van der Waals surface area contributed by atoms with Gasteiger partial charge in [0.1, 0.15) is 0 Å². The van der Waals surface area contributed by atoms with Crippen molar-refractivity contribution in [1.29, 1.82) is 0 Å². The predicted molar refractivity (Wildman–Crippen MR) is 72.9 cm³/mol. The number of rotatable bonds is 5.